The second-order valence-electron chi connectivity index (χ2n) is 4.61. The number of phenols is 1. The number of phenolic OH excluding ortho intramolecular Hbond substituents is 1. The molecule has 2 aromatic carbocycles. The fourth-order valence-electron chi connectivity index (χ4n) is 2.00. The van der Waals surface area contributed by atoms with Gasteiger partial charge in [-0.1, -0.05) is 18.2 Å². The highest BCUT2D eigenvalue weighted by Gasteiger charge is 2.04. The largest absolute Gasteiger partial charge is 0.508 e. The van der Waals surface area contributed by atoms with Crippen LogP contribution in [0.3, 0.4) is 0 Å². The van der Waals surface area contributed by atoms with Crippen molar-refractivity contribution in [1.29, 1.82) is 5.26 Å². The molecule has 0 fully saturated rings. The highest BCUT2D eigenvalue weighted by Crippen LogP contribution is 2.15. The van der Waals surface area contributed by atoms with E-state index >= 15 is 0 Å². The average molecular weight is 252 g/mol. The van der Waals surface area contributed by atoms with Gasteiger partial charge in [-0.3, -0.25) is 0 Å². The summed E-state index contributed by atoms with van der Waals surface area (Å²) in [6.45, 7) is 2.09. The molecule has 2 rings (SSSR count). The molecule has 0 saturated heterocycles. The van der Waals surface area contributed by atoms with E-state index in [1.165, 1.54) is 0 Å². The molecule has 3 heteroatoms. The second kappa shape index (κ2) is 5.92. The first-order valence-corrected chi connectivity index (χ1v) is 6.22. The van der Waals surface area contributed by atoms with Crippen LogP contribution in [0.2, 0.25) is 0 Å². The predicted molar refractivity (Wildman–Crippen MR) is 76.1 cm³/mol. The highest BCUT2D eigenvalue weighted by atomic mass is 16.3. The summed E-state index contributed by atoms with van der Waals surface area (Å²) >= 11 is 0. The Labute approximate surface area is 113 Å². The van der Waals surface area contributed by atoms with Crippen molar-refractivity contribution in [2.24, 2.45) is 0 Å². The number of nitrogens with zero attached hydrogens (tertiary/aromatic N) is 1. The Balaban J connectivity index is 1.99. The van der Waals surface area contributed by atoms with Crippen molar-refractivity contribution in [3.8, 4) is 11.8 Å². The Kier molecular flexibility index (Phi) is 4.04. The lowest BCUT2D eigenvalue weighted by Crippen LogP contribution is -2.17. The summed E-state index contributed by atoms with van der Waals surface area (Å²) in [5.41, 5.74) is 2.77. The van der Waals surface area contributed by atoms with E-state index in [0.29, 0.717) is 5.56 Å². The van der Waals surface area contributed by atoms with Crippen LogP contribution in [-0.2, 0) is 6.42 Å². The molecule has 0 amide bonds. The zero-order valence-corrected chi connectivity index (χ0v) is 10.8. The van der Waals surface area contributed by atoms with Gasteiger partial charge in [-0.2, -0.15) is 5.26 Å². The molecule has 0 heterocycles. The summed E-state index contributed by atoms with van der Waals surface area (Å²) in [7, 11) is 0. The van der Waals surface area contributed by atoms with Gasteiger partial charge in [-0.15, -0.1) is 0 Å². The van der Waals surface area contributed by atoms with Gasteiger partial charge in [-0.25, -0.2) is 0 Å². The van der Waals surface area contributed by atoms with E-state index in [9.17, 15) is 5.11 Å². The Bertz CT molecular complexity index is 584. The summed E-state index contributed by atoms with van der Waals surface area (Å²) in [6, 6.07) is 17.0. The van der Waals surface area contributed by atoms with E-state index in [1.807, 2.05) is 30.3 Å². The smallest absolute Gasteiger partial charge is 0.115 e. The number of benzene rings is 2. The first kappa shape index (κ1) is 13.0. The van der Waals surface area contributed by atoms with Gasteiger partial charge in [0.2, 0.25) is 0 Å². The lowest BCUT2D eigenvalue weighted by molar-refractivity contribution is 0.475. The third kappa shape index (κ3) is 3.75. The van der Waals surface area contributed by atoms with Gasteiger partial charge in [0.15, 0.2) is 0 Å². The molecule has 1 atom stereocenters. The average Bonchev–Trinajstić information content (AvgIpc) is 2.41. The Hall–Kier alpha value is -2.47. The minimum absolute atomic E-state index is 0.249. The van der Waals surface area contributed by atoms with Crippen LogP contribution in [0.15, 0.2) is 48.5 Å². The standard InChI is InChI=1S/C16H16N2O/c1-12(9-13-5-7-16(19)8-6-13)18-15-4-2-3-14(10-15)11-17/h2-8,10,12,18-19H,9H2,1H3. The van der Waals surface area contributed by atoms with E-state index in [1.54, 1.807) is 18.2 Å². The molecule has 0 saturated carbocycles. The minimum atomic E-state index is 0.249. The number of rotatable bonds is 4. The summed E-state index contributed by atoms with van der Waals surface area (Å²) in [5, 5.41) is 21.5. The van der Waals surface area contributed by atoms with Crippen molar-refractivity contribution in [3.05, 3.63) is 59.7 Å². The van der Waals surface area contributed by atoms with Crippen molar-refractivity contribution in [3.63, 3.8) is 0 Å². The number of hydrogen-bond donors (Lipinski definition) is 2. The highest BCUT2D eigenvalue weighted by molar-refractivity contribution is 5.49. The maximum atomic E-state index is 9.24. The first-order chi connectivity index (χ1) is 9.17. The Morgan fingerprint density at radius 2 is 1.95 bits per heavy atom. The number of aromatic hydroxyl groups is 1. The van der Waals surface area contributed by atoms with Gasteiger partial charge in [0.05, 0.1) is 11.6 Å². The molecular formula is C16H16N2O. The van der Waals surface area contributed by atoms with Crippen LogP contribution in [0, 0.1) is 11.3 Å². The molecule has 0 aliphatic heterocycles. The predicted octanol–water partition coefficient (Wildman–Crippen LogP) is 3.31. The SMILES string of the molecule is CC(Cc1ccc(O)cc1)Nc1cccc(C#N)c1. The fraction of sp³-hybridized carbons (Fsp3) is 0.188. The second-order valence-corrected chi connectivity index (χ2v) is 4.61. The summed E-state index contributed by atoms with van der Waals surface area (Å²) in [6.07, 6.45) is 0.858. The molecule has 96 valence electrons. The molecule has 19 heavy (non-hydrogen) atoms. The van der Waals surface area contributed by atoms with Gasteiger partial charge in [0.1, 0.15) is 5.75 Å². The number of nitrogens with one attached hydrogen (secondary N) is 1. The monoisotopic (exact) mass is 252 g/mol. The van der Waals surface area contributed by atoms with Crippen LogP contribution >= 0.6 is 0 Å². The summed E-state index contributed by atoms with van der Waals surface area (Å²) in [4.78, 5) is 0. The van der Waals surface area contributed by atoms with Gasteiger partial charge in [-0.05, 0) is 49.2 Å². The van der Waals surface area contributed by atoms with Crippen molar-refractivity contribution < 1.29 is 5.11 Å². The molecular weight excluding hydrogens is 236 g/mol. The molecule has 0 aliphatic rings. The molecule has 0 aliphatic carbocycles. The fourth-order valence-corrected chi connectivity index (χ4v) is 2.00. The van der Waals surface area contributed by atoms with Crippen LogP contribution in [0.1, 0.15) is 18.1 Å². The number of hydrogen-bond acceptors (Lipinski definition) is 3. The van der Waals surface area contributed by atoms with Crippen LogP contribution in [0.5, 0.6) is 5.75 Å². The topological polar surface area (TPSA) is 56.0 Å². The van der Waals surface area contributed by atoms with Crippen molar-refractivity contribution in [2.75, 3.05) is 5.32 Å². The van der Waals surface area contributed by atoms with E-state index in [-0.39, 0.29) is 11.8 Å². The molecule has 0 bridgehead atoms. The molecule has 3 nitrogen and oxygen atoms in total. The first-order valence-electron chi connectivity index (χ1n) is 6.22. The van der Waals surface area contributed by atoms with E-state index in [2.05, 4.69) is 18.3 Å². The van der Waals surface area contributed by atoms with Gasteiger partial charge in [0, 0.05) is 11.7 Å². The third-order valence-corrected chi connectivity index (χ3v) is 2.88. The molecule has 0 radical (unpaired) electrons. The summed E-state index contributed by atoms with van der Waals surface area (Å²) < 4.78 is 0. The number of nitriles is 1. The van der Waals surface area contributed by atoms with E-state index in [4.69, 9.17) is 5.26 Å². The van der Waals surface area contributed by atoms with Gasteiger partial charge < -0.3 is 10.4 Å². The van der Waals surface area contributed by atoms with Crippen LogP contribution < -0.4 is 5.32 Å². The molecule has 0 aromatic heterocycles. The Morgan fingerprint density at radius 1 is 1.21 bits per heavy atom. The summed E-state index contributed by atoms with van der Waals surface area (Å²) in [5.74, 6) is 0.283. The molecule has 0 spiro atoms. The van der Waals surface area contributed by atoms with Crippen LogP contribution in [0.4, 0.5) is 5.69 Å². The zero-order valence-electron chi connectivity index (χ0n) is 10.8. The minimum Gasteiger partial charge on any atom is -0.508 e. The quantitative estimate of drug-likeness (QED) is 0.877. The molecule has 1 unspecified atom stereocenters. The molecule has 2 aromatic rings. The third-order valence-electron chi connectivity index (χ3n) is 2.88. The maximum Gasteiger partial charge on any atom is 0.115 e. The lowest BCUT2D eigenvalue weighted by atomic mass is 10.1. The van der Waals surface area contributed by atoms with Gasteiger partial charge >= 0.3 is 0 Å². The maximum absolute atomic E-state index is 9.24. The van der Waals surface area contributed by atoms with E-state index in [0.717, 1.165) is 17.7 Å². The van der Waals surface area contributed by atoms with Crippen molar-refractivity contribution in [1.82, 2.24) is 0 Å². The van der Waals surface area contributed by atoms with Crippen molar-refractivity contribution >= 4 is 5.69 Å². The van der Waals surface area contributed by atoms with Gasteiger partial charge in [0.25, 0.3) is 0 Å². The zero-order chi connectivity index (χ0) is 13.7. The van der Waals surface area contributed by atoms with Crippen molar-refractivity contribution in [2.45, 2.75) is 19.4 Å². The van der Waals surface area contributed by atoms with Crippen LogP contribution in [0.25, 0.3) is 0 Å². The normalized spacial score (nSPS) is 11.6. The Morgan fingerprint density at radius 3 is 2.63 bits per heavy atom. The number of anilines is 1. The lowest BCUT2D eigenvalue weighted by Gasteiger charge is -2.15. The van der Waals surface area contributed by atoms with E-state index < -0.39 is 0 Å². The molecule has 2 N–H and O–H groups in total. The van der Waals surface area contributed by atoms with Crippen LogP contribution in [-0.4, -0.2) is 11.1 Å².